The highest BCUT2D eigenvalue weighted by Crippen LogP contribution is 1.95. The van der Waals surface area contributed by atoms with E-state index in [1.807, 2.05) is 0 Å². The van der Waals surface area contributed by atoms with E-state index in [2.05, 4.69) is 34.4 Å². The van der Waals surface area contributed by atoms with Crippen molar-refractivity contribution in [2.24, 2.45) is 4.99 Å². The van der Waals surface area contributed by atoms with Crippen LogP contribution in [0.25, 0.3) is 0 Å². The maximum Gasteiger partial charge on any atom is 0.191 e. The van der Waals surface area contributed by atoms with E-state index in [9.17, 15) is 0 Å². The van der Waals surface area contributed by atoms with Crippen LogP contribution in [0, 0.1) is 0 Å². The lowest BCUT2D eigenvalue weighted by atomic mass is 10.4. The molecule has 1 atom stereocenters. The Morgan fingerprint density at radius 3 is 2.70 bits per heavy atom. The quantitative estimate of drug-likeness (QED) is 0.371. The lowest BCUT2D eigenvalue weighted by Crippen LogP contribution is -2.44. The van der Waals surface area contributed by atoms with E-state index in [0.29, 0.717) is 6.61 Å². The summed E-state index contributed by atoms with van der Waals surface area (Å²) in [6.45, 7) is 11.2. The normalized spacial score (nSPS) is 18.2. The van der Waals surface area contributed by atoms with Crippen LogP contribution in [0.5, 0.6) is 0 Å². The zero-order valence-corrected chi connectivity index (χ0v) is 15.2. The molecule has 0 aromatic heterocycles. The third kappa shape index (κ3) is 8.93. The van der Waals surface area contributed by atoms with Crippen LogP contribution < -0.4 is 10.6 Å². The highest BCUT2D eigenvalue weighted by molar-refractivity contribution is 14.0. The summed E-state index contributed by atoms with van der Waals surface area (Å²) in [7, 11) is 1.71. The number of rotatable bonds is 7. The maximum absolute atomic E-state index is 5.33. The van der Waals surface area contributed by atoms with Gasteiger partial charge in [0.2, 0.25) is 0 Å². The van der Waals surface area contributed by atoms with Gasteiger partial charge in [-0.15, -0.1) is 24.0 Å². The second kappa shape index (κ2) is 12.6. The number of morpholine rings is 1. The lowest BCUT2D eigenvalue weighted by Gasteiger charge is -2.26. The van der Waals surface area contributed by atoms with Crippen molar-refractivity contribution in [2.45, 2.75) is 19.9 Å². The molecular formula is C13H29IN4O2. The van der Waals surface area contributed by atoms with Crippen molar-refractivity contribution in [2.75, 3.05) is 59.7 Å². The fourth-order valence-corrected chi connectivity index (χ4v) is 1.97. The summed E-state index contributed by atoms with van der Waals surface area (Å²) in [5.74, 6) is 0.861. The highest BCUT2D eigenvalue weighted by atomic mass is 127. The fraction of sp³-hybridized carbons (Fsp3) is 0.923. The van der Waals surface area contributed by atoms with E-state index >= 15 is 0 Å². The van der Waals surface area contributed by atoms with Gasteiger partial charge < -0.3 is 20.1 Å². The third-order valence-electron chi connectivity index (χ3n) is 2.93. The molecule has 20 heavy (non-hydrogen) atoms. The van der Waals surface area contributed by atoms with Crippen molar-refractivity contribution in [1.29, 1.82) is 0 Å². The van der Waals surface area contributed by atoms with Gasteiger partial charge in [-0.3, -0.25) is 9.89 Å². The summed E-state index contributed by atoms with van der Waals surface area (Å²) >= 11 is 0. The minimum Gasteiger partial charge on any atom is -0.383 e. The zero-order valence-electron chi connectivity index (χ0n) is 12.9. The molecule has 1 aliphatic heterocycles. The second-order valence-electron chi connectivity index (χ2n) is 4.72. The van der Waals surface area contributed by atoms with E-state index in [-0.39, 0.29) is 30.0 Å². The van der Waals surface area contributed by atoms with Crippen molar-refractivity contribution in [1.82, 2.24) is 15.5 Å². The maximum atomic E-state index is 5.33. The molecule has 0 radical (unpaired) electrons. The smallest absolute Gasteiger partial charge is 0.191 e. The van der Waals surface area contributed by atoms with Crippen LogP contribution in [0.2, 0.25) is 0 Å². The van der Waals surface area contributed by atoms with Crippen LogP contribution in [0.3, 0.4) is 0 Å². The molecular weight excluding hydrogens is 371 g/mol. The molecule has 2 N–H and O–H groups in total. The number of guanidine groups is 1. The first-order valence-corrected chi connectivity index (χ1v) is 7.10. The molecule has 1 aliphatic rings. The van der Waals surface area contributed by atoms with E-state index in [1.54, 1.807) is 7.11 Å². The average Bonchev–Trinajstić information content (AvgIpc) is 2.40. The SMILES string of the molecule is CCNC(=NCCN1CCOCC1)NC(C)COC.I. The van der Waals surface area contributed by atoms with Crippen LogP contribution in [0.15, 0.2) is 4.99 Å². The number of nitrogens with one attached hydrogen (secondary N) is 2. The van der Waals surface area contributed by atoms with Gasteiger partial charge in [0, 0.05) is 39.3 Å². The third-order valence-corrected chi connectivity index (χ3v) is 2.93. The number of nitrogens with zero attached hydrogens (tertiary/aromatic N) is 2. The Balaban J connectivity index is 0.00000361. The Morgan fingerprint density at radius 1 is 1.40 bits per heavy atom. The van der Waals surface area contributed by atoms with E-state index < -0.39 is 0 Å². The summed E-state index contributed by atoms with van der Waals surface area (Å²) in [5.41, 5.74) is 0. The number of hydrogen-bond donors (Lipinski definition) is 2. The zero-order chi connectivity index (χ0) is 13.9. The molecule has 1 heterocycles. The monoisotopic (exact) mass is 400 g/mol. The molecule has 0 spiro atoms. The first-order chi connectivity index (χ1) is 9.26. The molecule has 1 unspecified atom stereocenters. The number of hydrogen-bond acceptors (Lipinski definition) is 4. The molecule has 1 saturated heterocycles. The van der Waals surface area contributed by atoms with Crippen LogP contribution in [-0.2, 0) is 9.47 Å². The first kappa shape index (κ1) is 19.9. The number of halogens is 1. The fourth-order valence-electron chi connectivity index (χ4n) is 1.97. The van der Waals surface area contributed by atoms with Gasteiger partial charge in [-0.25, -0.2) is 0 Å². The van der Waals surface area contributed by atoms with Gasteiger partial charge in [-0.2, -0.15) is 0 Å². The number of methoxy groups -OCH3 is 1. The van der Waals surface area contributed by atoms with Gasteiger partial charge in [0.1, 0.15) is 0 Å². The first-order valence-electron chi connectivity index (χ1n) is 7.10. The Labute approximate surface area is 139 Å². The molecule has 1 fully saturated rings. The lowest BCUT2D eigenvalue weighted by molar-refractivity contribution is 0.0394. The summed E-state index contributed by atoms with van der Waals surface area (Å²) in [6.07, 6.45) is 0. The van der Waals surface area contributed by atoms with Crippen molar-refractivity contribution in [3.05, 3.63) is 0 Å². The van der Waals surface area contributed by atoms with E-state index in [4.69, 9.17) is 9.47 Å². The Kier molecular flexibility index (Phi) is 12.5. The van der Waals surface area contributed by atoms with Gasteiger partial charge in [0.15, 0.2) is 5.96 Å². The molecule has 1 rings (SSSR count). The molecule has 7 heteroatoms. The van der Waals surface area contributed by atoms with E-state index in [0.717, 1.165) is 51.9 Å². The predicted octanol–water partition coefficient (Wildman–Crippen LogP) is 0.527. The van der Waals surface area contributed by atoms with Crippen LogP contribution >= 0.6 is 24.0 Å². The average molecular weight is 400 g/mol. The Morgan fingerprint density at radius 2 is 2.10 bits per heavy atom. The summed E-state index contributed by atoms with van der Waals surface area (Å²) in [4.78, 5) is 6.97. The molecule has 0 aromatic carbocycles. The molecule has 0 amide bonds. The van der Waals surface area contributed by atoms with Crippen LogP contribution in [-0.4, -0.2) is 76.6 Å². The number of ether oxygens (including phenoxy) is 2. The topological polar surface area (TPSA) is 58.1 Å². The van der Waals surface area contributed by atoms with E-state index in [1.165, 1.54) is 0 Å². The van der Waals surface area contributed by atoms with Crippen LogP contribution in [0.1, 0.15) is 13.8 Å². The Bertz CT molecular complexity index is 261. The van der Waals surface area contributed by atoms with Gasteiger partial charge in [-0.1, -0.05) is 0 Å². The molecule has 0 aromatic rings. The van der Waals surface area contributed by atoms with Crippen molar-refractivity contribution in [3.63, 3.8) is 0 Å². The summed E-state index contributed by atoms with van der Waals surface area (Å²) < 4.78 is 10.4. The van der Waals surface area contributed by atoms with Gasteiger partial charge in [0.25, 0.3) is 0 Å². The van der Waals surface area contributed by atoms with Gasteiger partial charge in [0.05, 0.1) is 26.4 Å². The Hall–Kier alpha value is -0.120. The van der Waals surface area contributed by atoms with Crippen molar-refractivity contribution in [3.8, 4) is 0 Å². The predicted molar refractivity (Wildman–Crippen MR) is 93.1 cm³/mol. The van der Waals surface area contributed by atoms with Crippen molar-refractivity contribution < 1.29 is 9.47 Å². The van der Waals surface area contributed by atoms with Crippen molar-refractivity contribution >= 4 is 29.9 Å². The molecule has 0 aliphatic carbocycles. The molecule has 0 saturated carbocycles. The molecule has 120 valence electrons. The summed E-state index contributed by atoms with van der Waals surface area (Å²) in [5, 5.41) is 6.58. The number of aliphatic imine (C=N–C) groups is 1. The minimum atomic E-state index is 0. The van der Waals surface area contributed by atoms with Gasteiger partial charge in [-0.05, 0) is 13.8 Å². The molecule has 0 bridgehead atoms. The van der Waals surface area contributed by atoms with Gasteiger partial charge >= 0.3 is 0 Å². The second-order valence-corrected chi connectivity index (χ2v) is 4.72. The minimum absolute atomic E-state index is 0. The van der Waals surface area contributed by atoms with Crippen LogP contribution in [0.4, 0.5) is 0 Å². The largest absolute Gasteiger partial charge is 0.383 e. The highest BCUT2D eigenvalue weighted by Gasteiger charge is 2.09. The molecule has 6 nitrogen and oxygen atoms in total. The summed E-state index contributed by atoms with van der Waals surface area (Å²) in [6, 6.07) is 0.256. The standard InChI is InChI=1S/C13H28N4O2.HI/c1-4-14-13(16-12(2)11-18-3)15-5-6-17-7-9-19-10-8-17;/h12H,4-11H2,1-3H3,(H2,14,15,16);1H.